The molecule has 0 bridgehead atoms. The molecule has 1 aromatic carbocycles. The summed E-state index contributed by atoms with van der Waals surface area (Å²) < 4.78 is 0. The zero-order chi connectivity index (χ0) is 15.2. The van der Waals surface area contributed by atoms with E-state index in [9.17, 15) is 4.79 Å². The maximum absolute atomic E-state index is 12.3. The van der Waals surface area contributed by atoms with Crippen molar-refractivity contribution in [3.63, 3.8) is 0 Å². The normalized spacial score (nSPS) is 17.1. The molecule has 0 spiro atoms. The lowest BCUT2D eigenvalue weighted by Crippen LogP contribution is -2.41. The monoisotopic (exact) mass is 289 g/mol. The van der Waals surface area contributed by atoms with Crippen LogP contribution >= 0.6 is 0 Å². The summed E-state index contributed by atoms with van der Waals surface area (Å²) in [5.41, 5.74) is 7.47. The Balaban J connectivity index is 1.85. The van der Waals surface area contributed by atoms with Crippen LogP contribution in [-0.2, 0) is 11.3 Å². The molecule has 0 aromatic heterocycles. The highest BCUT2D eigenvalue weighted by Crippen LogP contribution is 2.25. The van der Waals surface area contributed by atoms with Crippen molar-refractivity contribution in [2.24, 2.45) is 11.7 Å². The van der Waals surface area contributed by atoms with Crippen LogP contribution in [-0.4, -0.2) is 30.4 Å². The van der Waals surface area contributed by atoms with Crippen molar-refractivity contribution in [3.05, 3.63) is 29.8 Å². The fraction of sp³-hybridized carbons (Fsp3) is 0.588. The van der Waals surface area contributed by atoms with Crippen molar-refractivity contribution in [3.8, 4) is 0 Å². The van der Waals surface area contributed by atoms with Crippen LogP contribution in [0.15, 0.2) is 24.3 Å². The van der Waals surface area contributed by atoms with Crippen LogP contribution in [0.2, 0.25) is 0 Å². The van der Waals surface area contributed by atoms with Gasteiger partial charge in [-0.25, -0.2) is 0 Å². The number of nitrogens with zero attached hydrogens (tertiary/aromatic N) is 1. The number of carbonyl (C=O) groups is 1. The van der Waals surface area contributed by atoms with Crippen LogP contribution < -0.4 is 11.1 Å². The van der Waals surface area contributed by atoms with Crippen LogP contribution in [0.4, 0.5) is 5.69 Å². The molecular weight excluding hydrogens is 262 g/mol. The van der Waals surface area contributed by atoms with Crippen LogP contribution in [0.1, 0.15) is 38.2 Å². The molecule has 1 unspecified atom stereocenters. The molecule has 1 fully saturated rings. The second kappa shape index (κ2) is 7.57. The number of nitrogens with one attached hydrogen (secondary N) is 1. The van der Waals surface area contributed by atoms with E-state index in [4.69, 9.17) is 5.73 Å². The Morgan fingerprint density at radius 1 is 1.33 bits per heavy atom. The third-order valence-electron chi connectivity index (χ3n) is 4.52. The van der Waals surface area contributed by atoms with Gasteiger partial charge >= 0.3 is 0 Å². The Hall–Kier alpha value is -1.39. The minimum absolute atomic E-state index is 0.0518. The van der Waals surface area contributed by atoms with Gasteiger partial charge in [-0.1, -0.05) is 25.0 Å². The summed E-state index contributed by atoms with van der Waals surface area (Å²) in [4.78, 5) is 14.5. The number of likely N-dealkylation sites (N-methyl/N-ethyl adjacent to an activating group) is 1. The van der Waals surface area contributed by atoms with Gasteiger partial charge < -0.3 is 11.1 Å². The van der Waals surface area contributed by atoms with Crippen molar-refractivity contribution >= 4 is 11.6 Å². The van der Waals surface area contributed by atoms with Gasteiger partial charge in [0.25, 0.3) is 0 Å². The van der Waals surface area contributed by atoms with Gasteiger partial charge in [0.15, 0.2) is 0 Å². The summed E-state index contributed by atoms with van der Waals surface area (Å²) in [5, 5.41) is 2.98. The first kappa shape index (κ1) is 16.0. The van der Waals surface area contributed by atoms with Gasteiger partial charge in [-0.3, -0.25) is 9.69 Å². The van der Waals surface area contributed by atoms with Crippen molar-refractivity contribution in [1.29, 1.82) is 0 Å². The second-order valence-electron chi connectivity index (χ2n) is 6.16. The lowest BCUT2D eigenvalue weighted by molar-refractivity contribution is -0.120. The fourth-order valence-corrected chi connectivity index (χ4v) is 2.93. The van der Waals surface area contributed by atoms with Crippen LogP contribution in [0.25, 0.3) is 0 Å². The van der Waals surface area contributed by atoms with Gasteiger partial charge in [0.05, 0.1) is 6.04 Å². The SMILES string of the molecule is CC(C(=O)Nc1ccc(CN)cc1)N(C)CC1CCCC1. The topological polar surface area (TPSA) is 58.4 Å². The number of benzene rings is 1. The average molecular weight is 289 g/mol. The van der Waals surface area contributed by atoms with E-state index in [1.165, 1.54) is 25.7 Å². The molecule has 4 nitrogen and oxygen atoms in total. The first-order valence-corrected chi connectivity index (χ1v) is 7.90. The lowest BCUT2D eigenvalue weighted by Gasteiger charge is -2.26. The largest absolute Gasteiger partial charge is 0.326 e. The van der Waals surface area contributed by atoms with Crippen LogP contribution in [0.5, 0.6) is 0 Å². The summed E-state index contributed by atoms with van der Waals surface area (Å²) in [6, 6.07) is 7.60. The van der Waals surface area contributed by atoms with Gasteiger partial charge in [0.2, 0.25) is 5.91 Å². The Labute approximate surface area is 127 Å². The van der Waals surface area contributed by atoms with Crippen LogP contribution in [0.3, 0.4) is 0 Å². The predicted molar refractivity (Wildman–Crippen MR) is 87.0 cm³/mol. The Bertz CT molecular complexity index is 452. The lowest BCUT2D eigenvalue weighted by atomic mass is 10.1. The van der Waals surface area contributed by atoms with E-state index >= 15 is 0 Å². The number of nitrogens with two attached hydrogens (primary N) is 1. The van der Waals surface area contributed by atoms with Gasteiger partial charge in [0.1, 0.15) is 0 Å². The molecule has 1 aliphatic rings. The summed E-state index contributed by atoms with van der Waals surface area (Å²) in [6.45, 7) is 3.51. The Morgan fingerprint density at radius 3 is 2.52 bits per heavy atom. The molecule has 1 saturated carbocycles. The van der Waals surface area contributed by atoms with E-state index in [-0.39, 0.29) is 11.9 Å². The zero-order valence-electron chi connectivity index (χ0n) is 13.1. The predicted octanol–water partition coefficient (Wildman–Crippen LogP) is 2.59. The summed E-state index contributed by atoms with van der Waals surface area (Å²) in [5.74, 6) is 0.810. The molecule has 1 amide bonds. The smallest absolute Gasteiger partial charge is 0.241 e. The fourth-order valence-electron chi connectivity index (χ4n) is 2.93. The molecular formula is C17H27N3O. The third-order valence-corrected chi connectivity index (χ3v) is 4.52. The molecule has 0 heterocycles. The van der Waals surface area contributed by atoms with Gasteiger partial charge in [-0.15, -0.1) is 0 Å². The van der Waals surface area contributed by atoms with Crippen molar-refractivity contribution in [1.82, 2.24) is 4.90 Å². The summed E-state index contributed by atoms with van der Waals surface area (Å²) >= 11 is 0. The standard InChI is InChI=1S/C17H27N3O/c1-13(20(2)12-15-5-3-4-6-15)17(21)19-16-9-7-14(11-18)8-10-16/h7-10,13,15H,3-6,11-12,18H2,1-2H3,(H,19,21). The minimum Gasteiger partial charge on any atom is -0.326 e. The molecule has 1 atom stereocenters. The average Bonchev–Trinajstić information content (AvgIpc) is 3.00. The Kier molecular flexibility index (Phi) is 5.76. The second-order valence-corrected chi connectivity index (χ2v) is 6.16. The molecule has 2 rings (SSSR count). The molecule has 1 aliphatic carbocycles. The molecule has 1 aromatic rings. The first-order valence-electron chi connectivity index (χ1n) is 7.90. The number of anilines is 1. The molecule has 0 radical (unpaired) electrons. The highest BCUT2D eigenvalue weighted by atomic mass is 16.2. The molecule has 0 saturated heterocycles. The molecule has 0 aliphatic heterocycles. The van der Waals surface area contributed by atoms with E-state index in [0.717, 1.165) is 23.7 Å². The molecule has 3 N–H and O–H groups in total. The van der Waals surface area contributed by atoms with Gasteiger partial charge in [-0.05, 0) is 50.4 Å². The third kappa shape index (κ3) is 4.55. The van der Waals surface area contributed by atoms with Crippen LogP contribution in [0, 0.1) is 5.92 Å². The zero-order valence-corrected chi connectivity index (χ0v) is 13.1. The number of rotatable bonds is 6. The number of hydrogen-bond acceptors (Lipinski definition) is 3. The number of amides is 1. The van der Waals surface area contributed by atoms with Crippen molar-refractivity contribution < 1.29 is 4.79 Å². The minimum atomic E-state index is -0.111. The van der Waals surface area contributed by atoms with E-state index in [1.54, 1.807) is 0 Å². The van der Waals surface area contributed by atoms with E-state index in [2.05, 4.69) is 10.2 Å². The van der Waals surface area contributed by atoms with Gasteiger partial charge in [0, 0.05) is 18.8 Å². The van der Waals surface area contributed by atoms with E-state index < -0.39 is 0 Å². The van der Waals surface area contributed by atoms with E-state index in [0.29, 0.717) is 6.54 Å². The van der Waals surface area contributed by atoms with E-state index in [1.807, 2.05) is 38.2 Å². The highest BCUT2D eigenvalue weighted by molar-refractivity contribution is 5.94. The maximum atomic E-state index is 12.3. The molecule has 116 valence electrons. The number of hydrogen-bond donors (Lipinski definition) is 2. The molecule has 21 heavy (non-hydrogen) atoms. The highest BCUT2D eigenvalue weighted by Gasteiger charge is 2.23. The quantitative estimate of drug-likeness (QED) is 0.846. The number of carbonyl (C=O) groups excluding carboxylic acids is 1. The Morgan fingerprint density at radius 2 is 1.95 bits per heavy atom. The van der Waals surface area contributed by atoms with Crippen molar-refractivity contribution in [2.45, 2.75) is 45.2 Å². The van der Waals surface area contributed by atoms with Crippen molar-refractivity contribution in [2.75, 3.05) is 18.9 Å². The summed E-state index contributed by atoms with van der Waals surface area (Å²) in [7, 11) is 2.04. The van der Waals surface area contributed by atoms with Gasteiger partial charge in [-0.2, -0.15) is 0 Å². The summed E-state index contributed by atoms with van der Waals surface area (Å²) in [6.07, 6.45) is 5.29. The maximum Gasteiger partial charge on any atom is 0.241 e. The molecule has 4 heteroatoms. The first-order chi connectivity index (χ1) is 10.1.